The number of hydrogen-bond donors (Lipinski definition) is 3. The number of primary amides is 1. The molecule has 0 heterocycles. The van der Waals surface area contributed by atoms with Gasteiger partial charge >= 0.3 is 0 Å². The Morgan fingerprint density at radius 1 is 1.35 bits per heavy atom. The van der Waals surface area contributed by atoms with Crippen LogP contribution in [0.25, 0.3) is 0 Å². The topological polar surface area (TPSA) is 102 Å². The lowest BCUT2D eigenvalue weighted by Crippen LogP contribution is -2.41. The van der Waals surface area contributed by atoms with E-state index < -0.39 is 17.9 Å². The molecule has 1 atom stereocenters. The van der Waals surface area contributed by atoms with Crippen molar-refractivity contribution in [3.63, 3.8) is 0 Å². The Bertz CT molecular complexity index is 474. The molecular weight excluding hydrogens is 260 g/mol. The first-order valence-corrected chi connectivity index (χ1v) is 6.37. The van der Waals surface area contributed by atoms with Crippen molar-refractivity contribution in [2.45, 2.75) is 25.9 Å². The summed E-state index contributed by atoms with van der Waals surface area (Å²) in [7, 11) is 0. The predicted octanol–water partition coefficient (Wildman–Crippen LogP) is 0.151. The maximum atomic E-state index is 11.5. The smallest absolute Gasteiger partial charge is 0.258 e. The Hall–Kier alpha value is -2.08. The molecule has 4 N–H and O–H groups in total. The molecule has 0 aliphatic carbocycles. The van der Waals surface area contributed by atoms with Crippen LogP contribution < -0.4 is 15.8 Å². The van der Waals surface area contributed by atoms with Crippen LogP contribution in [-0.4, -0.2) is 36.2 Å². The minimum atomic E-state index is -1.39. The number of aliphatic hydroxyl groups excluding tert-OH is 1. The molecule has 0 spiro atoms. The van der Waals surface area contributed by atoms with Gasteiger partial charge in [-0.25, -0.2) is 0 Å². The first-order chi connectivity index (χ1) is 9.41. The fraction of sp³-hybridized carbons (Fsp3) is 0.429. The van der Waals surface area contributed by atoms with Gasteiger partial charge in [-0.2, -0.15) is 0 Å². The van der Waals surface area contributed by atoms with Gasteiger partial charge < -0.3 is 20.9 Å². The Morgan fingerprint density at radius 2 is 2.00 bits per heavy atom. The van der Waals surface area contributed by atoms with E-state index in [4.69, 9.17) is 15.6 Å². The second kappa shape index (κ2) is 7.49. The van der Waals surface area contributed by atoms with Gasteiger partial charge in [0, 0.05) is 0 Å². The van der Waals surface area contributed by atoms with Crippen molar-refractivity contribution in [3.8, 4) is 5.75 Å². The molecule has 2 amide bonds. The molecule has 1 aromatic rings. The number of carbonyl (C=O) groups excluding carboxylic acids is 2. The number of amides is 2. The lowest BCUT2D eigenvalue weighted by molar-refractivity contribution is -0.127. The Kier molecular flexibility index (Phi) is 5.99. The van der Waals surface area contributed by atoms with Gasteiger partial charge in [0.15, 0.2) is 6.61 Å². The summed E-state index contributed by atoms with van der Waals surface area (Å²) in [6, 6.07) is 7.47. The minimum absolute atomic E-state index is 0.185. The van der Waals surface area contributed by atoms with Crippen LogP contribution in [0.4, 0.5) is 0 Å². The van der Waals surface area contributed by atoms with Gasteiger partial charge in [-0.15, -0.1) is 0 Å². The fourth-order valence-corrected chi connectivity index (χ4v) is 1.59. The van der Waals surface area contributed by atoms with Crippen LogP contribution in [-0.2, 0) is 9.59 Å². The highest BCUT2D eigenvalue weighted by Crippen LogP contribution is 2.25. The van der Waals surface area contributed by atoms with E-state index in [-0.39, 0.29) is 19.1 Å². The Labute approximate surface area is 117 Å². The third-order valence-corrected chi connectivity index (χ3v) is 2.72. The summed E-state index contributed by atoms with van der Waals surface area (Å²) in [6.07, 6.45) is -1.39. The number of rotatable bonds is 7. The zero-order chi connectivity index (χ0) is 15.1. The SMILES string of the molecule is CC(C)c1ccccc1OCC(=O)NCC(O)C(N)=O. The van der Waals surface area contributed by atoms with E-state index in [2.05, 4.69) is 5.32 Å². The highest BCUT2D eigenvalue weighted by atomic mass is 16.5. The van der Waals surface area contributed by atoms with Crippen LogP contribution >= 0.6 is 0 Å². The van der Waals surface area contributed by atoms with E-state index in [0.29, 0.717) is 5.75 Å². The van der Waals surface area contributed by atoms with E-state index in [1.54, 1.807) is 6.07 Å². The maximum absolute atomic E-state index is 11.5. The number of benzene rings is 1. The lowest BCUT2D eigenvalue weighted by Gasteiger charge is -2.14. The highest BCUT2D eigenvalue weighted by molar-refractivity contribution is 5.81. The van der Waals surface area contributed by atoms with E-state index in [1.807, 2.05) is 32.0 Å². The van der Waals surface area contributed by atoms with Crippen molar-refractivity contribution in [1.82, 2.24) is 5.32 Å². The van der Waals surface area contributed by atoms with E-state index in [9.17, 15) is 9.59 Å². The highest BCUT2D eigenvalue weighted by Gasteiger charge is 2.13. The molecule has 6 nitrogen and oxygen atoms in total. The quantitative estimate of drug-likeness (QED) is 0.661. The minimum Gasteiger partial charge on any atom is -0.483 e. The molecule has 0 bridgehead atoms. The molecular formula is C14H20N2O4. The summed E-state index contributed by atoms with van der Waals surface area (Å²) in [5, 5.41) is 11.5. The average Bonchev–Trinajstić information content (AvgIpc) is 2.42. The van der Waals surface area contributed by atoms with Crippen molar-refractivity contribution in [3.05, 3.63) is 29.8 Å². The van der Waals surface area contributed by atoms with Gasteiger partial charge in [-0.05, 0) is 17.5 Å². The molecule has 0 aliphatic rings. The monoisotopic (exact) mass is 280 g/mol. The van der Waals surface area contributed by atoms with Gasteiger partial charge in [0.2, 0.25) is 5.91 Å². The second-order valence-electron chi connectivity index (χ2n) is 4.70. The molecule has 0 radical (unpaired) electrons. The molecule has 1 rings (SSSR count). The van der Waals surface area contributed by atoms with E-state index in [1.165, 1.54) is 0 Å². The van der Waals surface area contributed by atoms with Crippen LogP contribution in [0, 0.1) is 0 Å². The number of para-hydroxylation sites is 1. The summed E-state index contributed by atoms with van der Waals surface area (Å²) in [4.78, 5) is 22.1. The van der Waals surface area contributed by atoms with Crippen molar-refractivity contribution in [1.29, 1.82) is 0 Å². The number of nitrogens with one attached hydrogen (secondary N) is 1. The lowest BCUT2D eigenvalue weighted by atomic mass is 10.0. The van der Waals surface area contributed by atoms with Crippen molar-refractivity contribution < 1.29 is 19.4 Å². The zero-order valence-electron chi connectivity index (χ0n) is 11.6. The molecule has 0 fully saturated rings. The Balaban J connectivity index is 2.47. The van der Waals surface area contributed by atoms with Crippen LogP contribution in [0.2, 0.25) is 0 Å². The van der Waals surface area contributed by atoms with E-state index in [0.717, 1.165) is 5.56 Å². The van der Waals surface area contributed by atoms with Crippen LogP contribution in [0.1, 0.15) is 25.3 Å². The second-order valence-corrected chi connectivity index (χ2v) is 4.70. The van der Waals surface area contributed by atoms with Gasteiger partial charge in [0.1, 0.15) is 11.9 Å². The molecule has 0 aromatic heterocycles. The molecule has 20 heavy (non-hydrogen) atoms. The maximum Gasteiger partial charge on any atom is 0.258 e. The van der Waals surface area contributed by atoms with Crippen molar-refractivity contribution >= 4 is 11.8 Å². The normalized spacial score (nSPS) is 12.0. The van der Waals surface area contributed by atoms with Crippen molar-refractivity contribution in [2.24, 2.45) is 5.73 Å². The summed E-state index contributed by atoms with van der Waals surface area (Å²) >= 11 is 0. The summed E-state index contributed by atoms with van der Waals surface area (Å²) < 4.78 is 5.44. The molecule has 110 valence electrons. The summed E-state index contributed by atoms with van der Waals surface area (Å²) in [5.41, 5.74) is 5.88. The summed E-state index contributed by atoms with van der Waals surface area (Å²) in [5.74, 6) is -0.376. The van der Waals surface area contributed by atoms with Crippen molar-refractivity contribution in [2.75, 3.05) is 13.2 Å². The number of nitrogens with two attached hydrogens (primary N) is 1. The van der Waals surface area contributed by atoms with Gasteiger partial charge in [0.25, 0.3) is 5.91 Å². The molecule has 0 aliphatic heterocycles. The fourth-order valence-electron chi connectivity index (χ4n) is 1.59. The third kappa shape index (κ3) is 4.89. The molecule has 1 unspecified atom stereocenters. The van der Waals surface area contributed by atoms with Gasteiger partial charge in [-0.3, -0.25) is 9.59 Å². The number of carbonyl (C=O) groups is 2. The number of hydrogen-bond acceptors (Lipinski definition) is 4. The third-order valence-electron chi connectivity index (χ3n) is 2.72. The van der Waals surface area contributed by atoms with E-state index >= 15 is 0 Å². The van der Waals surface area contributed by atoms with Crippen LogP contribution in [0.15, 0.2) is 24.3 Å². The summed E-state index contributed by atoms with van der Waals surface area (Å²) in [6.45, 7) is 3.66. The average molecular weight is 280 g/mol. The van der Waals surface area contributed by atoms with Crippen LogP contribution in [0.3, 0.4) is 0 Å². The van der Waals surface area contributed by atoms with Gasteiger partial charge in [-0.1, -0.05) is 32.0 Å². The first-order valence-electron chi connectivity index (χ1n) is 6.37. The first kappa shape index (κ1) is 16.0. The van der Waals surface area contributed by atoms with Crippen LogP contribution in [0.5, 0.6) is 5.75 Å². The zero-order valence-corrected chi connectivity index (χ0v) is 11.6. The standard InChI is InChI=1S/C14H20N2O4/c1-9(2)10-5-3-4-6-12(10)20-8-13(18)16-7-11(17)14(15)19/h3-6,9,11,17H,7-8H2,1-2H3,(H2,15,19)(H,16,18). The molecule has 6 heteroatoms. The molecule has 0 saturated carbocycles. The molecule has 0 saturated heterocycles. The van der Waals surface area contributed by atoms with Gasteiger partial charge in [0.05, 0.1) is 6.54 Å². The largest absolute Gasteiger partial charge is 0.483 e. The predicted molar refractivity (Wildman–Crippen MR) is 74.2 cm³/mol. The number of aliphatic hydroxyl groups is 1. The number of ether oxygens (including phenoxy) is 1. The molecule has 1 aromatic carbocycles. The Morgan fingerprint density at radius 3 is 2.60 bits per heavy atom.